The summed E-state index contributed by atoms with van der Waals surface area (Å²) in [6.07, 6.45) is 3.21. The van der Waals surface area contributed by atoms with Gasteiger partial charge in [0.05, 0.1) is 6.04 Å². The van der Waals surface area contributed by atoms with Gasteiger partial charge in [0.2, 0.25) is 5.91 Å². The predicted octanol–water partition coefficient (Wildman–Crippen LogP) is 0.0356. The molecule has 0 aliphatic carbocycles. The van der Waals surface area contributed by atoms with E-state index < -0.39 is 0 Å². The van der Waals surface area contributed by atoms with E-state index >= 15 is 0 Å². The maximum atomic E-state index is 10.5. The first-order chi connectivity index (χ1) is 4.30. The normalized spacial score (nSPS) is 25.0. The molecule has 1 unspecified atom stereocenters. The summed E-state index contributed by atoms with van der Waals surface area (Å²) in [5, 5.41) is 3.04. The molecule has 0 aromatic carbocycles. The predicted molar refractivity (Wildman–Crippen MR) is 42.1 cm³/mol. The van der Waals surface area contributed by atoms with Gasteiger partial charge in [-0.3, -0.25) is 4.79 Å². The lowest BCUT2D eigenvalue weighted by Gasteiger charge is -2.19. The number of halogens is 1. The highest BCUT2D eigenvalue weighted by atomic mass is 35.5. The lowest BCUT2D eigenvalue weighted by molar-refractivity contribution is -0.120. The topological polar surface area (TPSA) is 55.1 Å². The molecule has 1 fully saturated rings. The SMILES string of the molecule is Cl.NC(=O)C1CCCCN1. The zero-order valence-electron chi connectivity index (χ0n) is 5.80. The first-order valence-corrected chi connectivity index (χ1v) is 3.33. The molecule has 4 heteroatoms. The van der Waals surface area contributed by atoms with Crippen LogP contribution in [0.3, 0.4) is 0 Å². The Bertz CT molecular complexity index is 112. The highest BCUT2D eigenvalue weighted by Crippen LogP contribution is 2.05. The average molecular weight is 165 g/mol. The molecular weight excluding hydrogens is 152 g/mol. The van der Waals surface area contributed by atoms with E-state index in [0.717, 1.165) is 19.4 Å². The molecule has 0 saturated carbocycles. The van der Waals surface area contributed by atoms with Crippen LogP contribution in [-0.2, 0) is 4.79 Å². The Labute approximate surface area is 66.8 Å². The van der Waals surface area contributed by atoms with E-state index in [4.69, 9.17) is 5.73 Å². The smallest absolute Gasteiger partial charge is 0.234 e. The first-order valence-electron chi connectivity index (χ1n) is 3.33. The van der Waals surface area contributed by atoms with E-state index in [2.05, 4.69) is 5.32 Å². The van der Waals surface area contributed by atoms with Gasteiger partial charge < -0.3 is 11.1 Å². The van der Waals surface area contributed by atoms with Crippen molar-refractivity contribution in [3.8, 4) is 0 Å². The van der Waals surface area contributed by atoms with Gasteiger partial charge >= 0.3 is 0 Å². The molecule has 3 N–H and O–H groups in total. The molecule has 1 rings (SSSR count). The van der Waals surface area contributed by atoms with E-state index in [1.807, 2.05) is 0 Å². The molecule has 1 heterocycles. The van der Waals surface area contributed by atoms with Crippen molar-refractivity contribution < 1.29 is 4.79 Å². The average Bonchev–Trinajstić information content (AvgIpc) is 1.90. The number of amides is 1. The first kappa shape index (κ1) is 9.72. The van der Waals surface area contributed by atoms with Gasteiger partial charge in [0.1, 0.15) is 0 Å². The Morgan fingerprint density at radius 2 is 2.20 bits per heavy atom. The van der Waals surface area contributed by atoms with Crippen molar-refractivity contribution in [1.29, 1.82) is 0 Å². The van der Waals surface area contributed by atoms with E-state index in [-0.39, 0.29) is 24.4 Å². The van der Waals surface area contributed by atoms with Crippen LogP contribution in [-0.4, -0.2) is 18.5 Å². The highest BCUT2D eigenvalue weighted by molar-refractivity contribution is 5.85. The van der Waals surface area contributed by atoms with Gasteiger partial charge in [0.15, 0.2) is 0 Å². The van der Waals surface area contributed by atoms with Crippen LogP contribution in [0.25, 0.3) is 0 Å². The fourth-order valence-corrected chi connectivity index (χ4v) is 1.09. The minimum atomic E-state index is -0.213. The Hall–Kier alpha value is -0.280. The number of rotatable bonds is 1. The third-order valence-electron chi connectivity index (χ3n) is 1.65. The molecule has 3 nitrogen and oxygen atoms in total. The van der Waals surface area contributed by atoms with E-state index in [1.54, 1.807) is 0 Å². The van der Waals surface area contributed by atoms with Crippen LogP contribution in [0.15, 0.2) is 0 Å². The van der Waals surface area contributed by atoms with E-state index in [1.165, 1.54) is 6.42 Å². The number of carbonyl (C=O) groups excluding carboxylic acids is 1. The molecule has 0 spiro atoms. The Morgan fingerprint density at radius 3 is 2.50 bits per heavy atom. The van der Waals surface area contributed by atoms with Crippen LogP contribution in [0.1, 0.15) is 19.3 Å². The molecule has 1 saturated heterocycles. The van der Waals surface area contributed by atoms with Crippen LogP contribution in [0, 0.1) is 0 Å². The fraction of sp³-hybridized carbons (Fsp3) is 0.833. The van der Waals surface area contributed by atoms with Gasteiger partial charge in [-0.05, 0) is 19.4 Å². The number of hydrogen-bond acceptors (Lipinski definition) is 2. The summed E-state index contributed by atoms with van der Waals surface area (Å²) in [5.74, 6) is -0.213. The van der Waals surface area contributed by atoms with Crippen molar-refractivity contribution in [1.82, 2.24) is 5.32 Å². The summed E-state index contributed by atoms with van der Waals surface area (Å²) < 4.78 is 0. The zero-order valence-corrected chi connectivity index (χ0v) is 6.62. The minimum Gasteiger partial charge on any atom is -0.368 e. The lowest BCUT2D eigenvalue weighted by Crippen LogP contribution is -2.44. The van der Waals surface area contributed by atoms with Crippen molar-refractivity contribution in [3.63, 3.8) is 0 Å². The standard InChI is InChI=1S/C6H12N2O.ClH/c7-6(9)5-3-1-2-4-8-5;/h5,8H,1-4H2,(H2,7,9);1H. The van der Waals surface area contributed by atoms with Crippen LogP contribution >= 0.6 is 12.4 Å². The largest absolute Gasteiger partial charge is 0.368 e. The van der Waals surface area contributed by atoms with Gasteiger partial charge in [0, 0.05) is 0 Å². The number of nitrogens with two attached hydrogens (primary N) is 1. The monoisotopic (exact) mass is 164 g/mol. The van der Waals surface area contributed by atoms with Crippen molar-refractivity contribution in [3.05, 3.63) is 0 Å². The van der Waals surface area contributed by atoms with Crippen molar-refractivity contribution >= 4 is 18.3 Å². The maximum Gasteiger partial charge on any atom is 0.234 e. The third-order valence-corrected chi connectivity index (χ3v) is 1.65. The van der Waals surface area contributed by atoms with Crippen LogP contribution in [0.2, 0.25) is 0 Å². The highest BCUT2D eigenvalue weighted by Gasteiger charge is 2.16. The van der Waals surface area contributed by atoms with Gasteiger partial charge in [-0.15, -0.1) is 12.4 Å². The summed E-state index contributed by atoms with van der Waals surface area (Å²) in [5.41, 5.74) is 5.07. The van der Waals surface area contributed by atoms with Gasteiger partial charge in [-0.25, -0.2) is 0 Å². The minimum absolute atomic E-state index is 0. The summed E-state index contributed by atoms with van der Waals surface area (Å²) in [6, 6.07) is -0.0567. The van der Waals surface area contributed by atoms with Crippen molar-refractivity contribution in [2.24, 2.45) is 5.73 Å². The maximum absolute atomic E-state index is 10.5. The molecule has 0 aromatic heterocycles. The number of carbonyl (C=O) groups is 1. The summed E-state index contributed by atoms with van der Waals surface area (Å²) in [7, 11) is 0. The number of primary amides is 1. The molecular formula is C6H13ClN2O. The van der Waals surface area contributed by atoms with Crippen molar-refractivity contribution in [2.45, 2.75) is 25.3 Å². The fourth-order valence-electron chi connectivity index (χ4n) is 1.09. The van der Waals surface area contributed by atoms with Crippen LogP contribution in [0.5, 0.6) is 0 Å². The van der Waals surface area contributed by atoms with Gasteiger partial charge in [0.25, 0.3) is 0 Å². The van der Waals surface area contributed by atoms with Crippen molar-refractivity contribution in [2.75, 3.05) is 6.54 Å². The second-order valence-electron chi connectivity index (χ2n) is 2.40. The summed E-state index contributed by atoms with van der Waals surface area (Å²) in [6.45, 7) is 0.938. The van der Waals surface area contributed by atoms with Crippen LogP contribution in [0.4, 0.5) is 0 Å². The Morgan fingerprint density at radius 1 is 1.50 bits per heavy atom. The number of hydrogen-bond donors (Lipinski definition) is 2. The second kappa shape index (κ2) is 4.52. The Balaban J connectivity index is 0.000000810. The second-order valence-corrected chi connectivity index (χ2v) is 2.40. The number of nitrogens with one attached hydrogen (secondary N) is 1. The zero-order chi connectivity index (χ0) is 6.69. The molecule has 1 aliphatic rings. The van der Waals surface area contributed by atoms with Crippen LogP contribution < -0.4 is 11.1 Å². The molecule has 1 amide bonds. The molecule has 1 atom stereocenters. The molecule has 0 aromatic rings. The van der Waals surface area contributed by atoms with Gasteiger partial charge in [-0.2, -0.15) is 0 Å². The molecule has 60 valence electrons. The lowest BCUT2D eigenvalue weighted by atomic mass is 10.1. The summed E-state index contributed by atoms with van der Waals surface area (Å²) >= 11 is 0. The number of piperidine rings is 1. The third kappa shape index (κ3) is 2.54. The van der Waals surface area contributed by atoms with Gasteiger partial charge in [-0.1, -0.05) is 6.42 Å². The Kier molecular flexibility index (Phi) is 4.40. The molecule has 1 aliphatic heterocycles. The summed E-state index contributed by atoms with van der Waals surface area (Å²) in [4.78, 5) is 10.5. The molecule has 0 bridgehead atoms. The van der Waals surface area contributed by atoms with E-state index in [9.17, 15) is 4.79 Å². The molecule has 0 radical (unpaired) electrons. The molecule has 10 heavy (non-hydrogen) atoms. The van der Waals surface area contributed by atoms with E-state index in [0.29, 0.717) is 0 Å². The quantitative estimate of drug-likeness (QED) is 0.575.